The van der Waals surface area contributed by atoms with E-state index in [1.165, 1.54) is 37.8 Å². The van der Waals surface area contributed by atoms with Crippen LogP contribution in [0.15, 0.2) is 60.0 Å². The zero-order valence-corrected chi connectivity index (χ0v) is 22.7. The second-order valence-electron chi connectivity index (χ2n) is 11.0. The molecule has 1 N–H and O–H groups in total. The maximum absolute atomic E-state index is 12.8. The Balaban J connectivity index is 1.46. The maximum Gasteiger partial charge on any atom is 0.224 e. The summed E-state index contributed by atoms with van der Waals surface area (Å²) in [6.45, 7) is 13.1. The largest absolute Gasteiger partial charge is 0.370 e. The van der Waals surface area contributed by atoms with E-state index in [9.17, 15) is 4.79 Å². The van der Waals surface area contributed by atoms with E-state index >= 15 is 0 Å². The van der Waals surface area contributed by atoms with Crippen molar-refractivity contribution < 1.29 is 4.79 Å². The van der Waals surface area contributed by atoms with Gasteiger partial charge in [-0.1, -0.05) is 57.2 Å². The summed E-state index contributed by atoms with van der Waals surface area (Å²) >= 11 is 0. The van der Waals surface area contributed by atoms with E-state index in [0.717, 1.165) is 44.7 Å². The van der Waals surface area contributed by atoms with E-state index in [2.05, 4.69) is 72.3 Å². The molecule has 1 aliphatic heterocycles. The van der Waals surface area contributed by atoms with Crippen LogP contribution in [0.5, 0.6) is 0 Å². The molecular formula is C31H49N3O. The van der Waals surface area contributed by atoms with Gasteiger partial charge in [-0.05, 0) is 94.9 Å². The first-order chi connectivity index (χ1) is 17.0. The van der Waals surface area contributed by atoms with Crippen LogP contribution in [0.4, 0.5) is 0 Å². The van der Waals surface area contributed by atoms with Crippen molar-refractivity contribution in [2.45, 2.75) is 85.1 Å². The molecule has 0 aromatic rings. The lowest BCUT2D eigenvalue weighted by Crippen LogP contribution is -2.43. The summed E-state index contributed by atoms with van der Waals surface area (Å²) in [5, 5.41) is 3.24. The van der Waals surface area contributed by atoms with Crippen molar-refractivity contribution in [3.63, 3.8) is 0 Å². The van der Waals surface area contributed by atoms with Crippen molar-refractivity contribution in [2.24, 2.45) is 17.8 Å². The Kier molecular flexibility index (Phi) is 11.4. The number of likely N-dealkylation sites (tertiary alicyclic amines) is 1. The van der Waals surface area contributed by atoms with Crippen LogP contribution in [0.1, 0.15) is 79.1 Å². The Morgan fingerprint density at radius 2 is 1.94 bits per heavy atom. The Bertz CT molecular complexity index is 811. The number of hydrogen-bond acceptors (Lipinski definition) is 3. The van der Waals surface area contributed by atoms with Gasteiger partial charge in [0.05, 0.1) is 0 Å². The Labute approximate surface area is 214 Å². The molecule has 0 aromatic carbocycles. The van der Waals surface area contributed by atoms with Gasteiger partial charge in [0.1, 0.15) is 0 Å². The van der Waals surface area contributed by atoms with Crippen molar-refractivity contribution in [3.8, 4) is 0 Å². The second kappa shape index (κ2) is 14.5. The average molecular weight is 480 g/mol. The molecule has 2 atom stereocenters. The Hall–Kier alpha value is -2.07. The minimum Gasteiger partial charge on any atom is -0.370 e. The lowest BCUT2D eigenvalue weighted by atomic mass is 9.91. The monoisotopic (exact) mass is 479 g/mol. The first-order valence-corrected chi connectivity index (χ1v) is 14.1. The second-order valence-corrected chi connectivity index (χ2v) is 11.0. The molecule has 2 aliphatic carbocycles. The van der Waals surface area contributed by atoms with Gasteiger partial charge in [0.25, 0.3) is 0 Å². The molecule has 0 bridgehead atoms. The highest BCUT2D eigenvalue weighted by atomic mass is 16.1. The van der Waals surface area contributed by atoms with Crippen LogP contribution >= 0.6 is 0 Å². The molecule has 1 amide bonds. The molecule has 35 heavy (non-hydrogen) atoms. The predicted molar refractivity (Wildman–Crippen MR) is 149 cm³/mol. The van der Waals surface area contributed by atoms with E-state index < -0.39 is 0 Å². The number of amides is 1. The lowest BCUT2D eigenvalue weighted by Gasteiger charge is -2.39. The lowest BCUT2D eigenvalue weighted by molar-refractivity contribution is -0.121. The summed E-state index contributed by atoms with van der Waals surface area (Å²) in [5.74, 6) is 1.52. The smallest absolute Gasteiger partial charge is 0.224 e. The summed E-state index contributed by atoms with van der Waals surface area (Å²) < 4.78 is 0. The van der Waals surface area contributed by atoms with E-state index in [1.54, 1.807) is 0 Å². The number of piperidine rings is 1. The number of rotatable bonds is 11. The molecular weight excluding hydrogens is 430 g/mol. The van der Waals surface area contributed by atoms with Crippen molar-refractivity contribution in [2.75, 3.05) is 26.2 Å². The van der Waals surface area contributed by atoms with E-state index in [4.69, 9.17) is 0 Å². The third-order valence-corrected chi connectivity index (χ3v) is 8.12. The SMILES string of the molecule is C/C=C\C=C(\NC(=O)CC1CCN(CCN(C2=CC=CCC2)C2CC=CCC2)CC1)C(C)C(C)C. The summed E-state index contributed by atoms with van der Waals surface area (Å²) in [4.78, 5) is 18.2. The fourth-order valence-corrected chi connectivity index (χ4v) is 5.45. The van der Waals surface area contributed by atoms with Crippen LogP contribution in [0, 0.1) is 17.8 Å². The molecule has 0 spiro atoms. The fraction of sp³-hybridized carbons (Fsp3) is 0.645. The predicted octanol–water partition coefficient (Wildman–Crippen LogP) is 6.60. The highest BCUT2D eigenvalue weighted by Gasteiger charge is 2.25. The fourth-order valence-electron chi connectivity index (χ4n) is 5.45. The minimum atomic E-state index is 0.181. The third kappa shape index (κ3) is 8.83. The standard InChI is InChI=1S/C31H49N3O/c1-5-6-17-30(26(4)25(2)3)32-31(35)24-27-18-20-33(21-19-27)22-23-34(28-13-9-7-10-14-28)29-15-11-8-12-16-29/h5-9,11,13,17,25-27,29H,10,12,14-16,18-24H2,1-4H3,(H,32,35)/b6-5-,30-17+. The number of carbonyl (C=O) groups is 1. The van der Waals surface area contributed by atoms with Crippen LogP contribution in [0.2, 0.25) is 0 Å². The van der Waals surface area contributed by atoms with Gasteiger partial charge in [0.2, 0.25) is 5.91 Å². The average Bonchev–Trinajstić information content (AvgIpc) is 2.88. The zero-order chi connectivity index (χ0) is 25.0. The molecule has 0 saturated carbocycles. The molecule has 4 heteroatoms. The summed E-state index contributed by atoms with van der Waals surface area (Å²) in [6, 6.07) is 0.650. The molecule has 0 aromatic heterocycles. The topological polar surface area (TPSA) is 35.6 Å². The number of hydrogen-bond donors (Lipinski definition) is 1. The van der Waals surface area contributed by atoms with E-state index in [-0.39, 0.29) is 5.91 Å². The zero-order valence-electron chi connectivity index (χ0n) is 22.7. The molecule has 194 valence electrons. The normalized spacial score (nSPS) is 23.1. The number of nitrogens with one attached hydrogen (secondary N) is 1. The quantitative estimate of drug-likeness (QED) is 0.268. The van der Waals surface area contributed by atoms with Gasteiger partial charge in [0.15, 0.2) is 0 Å². The van der Waals surface area contributed by atoms with E-state index in [1.807, 2.05) is 19.1 Å². The van der Waals surface area contributed by atoms with Crippen LogP contribution < -0.4 is 5.32 Å². The molecule has 3 aliphatic rings. The van der Waals surface area contributed by atoms with Gasteiger partial charge >= 0.3 is 0 Å². The van der Waals surface area contributed by atoms with Gasteiger partial charge in [0, 0.05) is 36.9 Å². The number of allylic oxidation sites excluding steroid dienone is 9. The van der Waals surface area contributed by atoms with Crippen molar-refractivity contribution >= 4 is 5.91 Å². The molecule has 1 fully saturated rings. The molecule has 0 radical (unpaired) electrons. The van der Waals surface area contributed by atoms with Crippen LogP contribution in [-0.2, 0) is 4.79 Å². The third-order valence-electron chi connectivity index (χ3n) is 8.12. The van der Waals surface area contributed by atoms with Crippen LogP contribution in [0.25, 0.3) is 0 Å². The number of nitrogens with zero attached hydrogens (tertiary/aromatic N) is 2. The highest BCUT2D eigenvalue weighted by Crippen LogP contribution is 2.27. The van der Waals surface area contributed by atoms with Gasteiger partial charge < -0.3 is 15.1 Å². The van der Waals surface area contributed by atoms with Crippen molar-refractivity contribution in [1.29, 1.82) is 0 Å². The van der Waals surface area contributed by atoms with Crippen molar-refractivity contribution in [1.82, 2.24) is 15.1 Å². The Morgan fingerprint density at radius 3 is 2.57 bits per heavy atom. The molecule has 3 rings (SSSR count). The van der Waals surface area contributed by atoms with Gasteiger partial charge in [-0.15, -0.1) is 0 Å². The minimum absolute atomic E-state index is 0.181. The number of carbonyl (C=O) groups excluding carboxylic acids is 1. The molecule has 1 heterocycles. The molecule has 2 unspecified atom stereocenters. The summed E-state index contributed by atoms with van der Waals surface area (Å²) in [6.07, 6.45) is 26.6. The summed E-state index contributed by atoms with van der Waals surface area (Å²) in [7, 11) is 0. The van der Waals surface area contributed by atoms with Gasteiger partial charge in [-0.25, -0.2) is 0 Å². The van der Waals surface area contributed by atoms with Crippen LogP contribution in [-0.4, -0.2) is 47.9 Å². The molecule has 1 saturated heterocycles. The van der Waals surface area contributed by atoms with Gasteiger partial charge in [-0.2, -0.15) is 0 Å². The first-order valence-electron chi connectivity index (χ1n) is 14.1. The maximum atomic E-state index is 12.8. The first kappa shape index (κ1) is 27.5. The summed E-state index contributed by atoms with van der Waals surface area (Å²) in [5.41, 5.74) is 2.57. The Morgan fingerprint density at radius 1 is 1.14 bits per heavy atom. The van der Waals surface area contributed by atoms with Crippen molar-refractivity contribution in [3.05, 3.63) is 60.0 Å². The van der Waals surface area contributed by atoms with Gasteiger partial charge in [-0.3, -0.25) is 4.79 Å². The molecule has 4 nitrogen and oxygen atoms in total. The van der Waals surface area contributed by atoms with Crippen LogP contribution in [0.3, 0.4) is 0 Å². The van der Waals surface area contributed by atoms with E-state index in [0.29, 0.717) is 30.2 Å². The highest BCUT2D eigenvalue weighted by molar-refractivity contribution is 5.78.